The Balaban J connectivity index is 0.00000408. The number of hydrogen-bond acceptors (Lipinski definition) is 6. The first-order valence-electron chi connectivity index (χ1n) is 11.2. The third-order valence-corrected chi connectivity index (χ3v) is 6.34. The number of methoxy groups -OCH3 is 1. The number of halogens is 2. The lowest BCUT2D eigenvalue weighted by molar-refractivity contribution is -0.123. The lowest BCUT2D eigenvalue weighted by Gasteiger charge is -2.30. The van der Waals surface area contributed by atoms with Gasteiger partial charge in [-0.25, -0.2) is 0 Å². The minimum Gasteiger partial charge on any atom is -0.497 e. The topological polar surface area (TPSA) is 108 Å². The number of primary amides is 1. The molecule has 1 aliphatic heterocycles. The standard InChI is InChI=1S/C25H32ClN3O4.ClH/c1-32-21-6-2-4-17(12-21)16-33-24-15-23(27)22(26)14-19(24)13-20(30)5-3-9-29-10-7-18(8-11-29)25(28)31;/h2,4,6,12,14-15,18H,3,5,7-11,13,16,27H2,1H3,(H2,28,31);1H. The van der Waals surface area contributed by atoms with Crippen LogP contribution in [0.3, 0.4) is 0 Å². The monoisotopic (exact) mass is 509 g/mol. The smallest absolute Gasteiger partial charge is 0.220 e. The number of carbonyl (C=O) groups is 2. The first kappa shape index (κ1) is 27.8. The Labute approximate surface area is 212 Å². The zero-order valence-electron chi connectivity index (χ0n) is 19.4. The zero-order chi connectivity index (χ0) is 23.8. The van der Waals surface area contributed by atoms with Gasteiger partial charge in [0, 0.05) is 30.4 Å². The summed E-state index contributed by atoms with van der Waals surface area (Å²) in [6.07, 6.45) is 3.05. The van der Waals surface area contributed by atoms with Crippen LogP contribution in [0.5, 0.6) is 11.5 Å². The molecule has 1 saturated heterocycles. The van der Waals surface area contributed by atoms with Gasteiger partial charge >= 0.3 is 0 Å². The number of likely N-dealkylation sites (tertiary alicyclic amines) is 1. The van der Waals surface area contributed by atoms with Crippen LogP contribution in [0.4, 0.5) is 5.69 Å². The molecule has 1 fully saturated rings. The van der Waals surface area contributed by atoms with Crippen molar-refractivity contribution in [2.45, 2.75) is 38.7 Å². The van der Waals surface area contributed by atoms with Crippen molar-refractivity contribution >= 4 is 41.4 Å². The largest absolute Gasteiger partial charge is 0.497 e. The van der Waals surface area contributed by atoms with Crippen LogP contribution in [-0.4, -0.2) is 43.3 Å². The molecule has 0 saturated carbocycles. The molecule has 7 nitrogen and oxygen atoms in total. The Morgan fingerprint density at radius 2 is 1.91 bits per heavy atom. The van der Waals surface area contributed by atoms with E-state index in [0.717, 1.165) is 55.8 Å². The van der Waals surface area contributed by atoms with Gasteiger partial charge in [0.2, 0.25) is 5.91 Å². The van der Waals surface area contributed by atoms with Crippen molar-refractivity contribution in [3.8, 4) is 11.5 Å². The third-order valence-electron chi connectivity index (χ3n) is 6.02. The van der Waals surface area contributed by atoms with Gasteiger partial charge in [-0.15, -0.1) is 12.4 Å². The molecule has 2 aromatic rings. The van der Waals surface area contributed by atoms with E-state index in [2.05, 4.69) is 4.90 Å². The summed E-state index contributed by atoms with van der Waals surface area (Å²) in [7, 11) is 1.62. The van der Waals surface area contributed by atoms with Gasteiger partial charge in [-0.3, -0.25) is 9.59 Å². The molecule has 0 bridgehead atoms. The Bertz CT molecular complexity index is 979. The predicted octanol–water partition coefficient (Wildman–Crippen LogP) is 4.02. The first-order chi connectivity index (χ1) is 15.9. The second kappa shape index (κ2) is 13.4. The van der Waals surface area contributed by atoms with E-state index in [1.54, 1.807) is 19.2 Å². The van der Waals surface area contributed by atoms with Gasteiger partial charge in [-0.2, -0.15) is 0 Å². The summed E-state index contributed by atoms with van der Waals surface area (Å²) in [5.41, 5.74) is 13.4. The highest BCUT2D eigenvalue weighted by atomic mass is 35.5. The normalized spacial score (nSPS) is 14.3. The summed E-state index contributed by atoms with van der Waals surface area (Å²) < 4.78 is 11.2. The van der Waals surface area contributed by atoms with Crippen LogP contribution in [0.15, 0.2) is 36.4 Å². The van der Waals surface area contributed by atoms with E-state index in [1.807, 2.05) is 24.3 Å². The molecule has 9 heteroatoms. The quantitative estimate of drug-likeness (QED) is 0.442. The predicted molar refractivity (Wildman–Crippen MR) is 137 cm³/mol. The fourth-order valence-electron chi connectivity index (χ4n) is 4.05. The second-order valence-corrected chi connectivity index (χ2v) is 8.87. The van der Waals surface area contributed by atoms with Gasteiger partial charge in [-0.1, -0.05) is 23.7 Å². The van der Waals surface area contributed by atoms with E-state index < -0.39 is 0 Å². The summed E-state index contributed by atoms with van der Waals surface area (Å²) in [5.74, 6) is 1.20. The van der Waals surface area contributed by atoms with Crippen LogP contribution in [0.1, 0.15) is 36.8 Å². The summed E-state index contributed by atoms with van der Waals surface area (Å²) in [4.78, 5) is 26.3. The van der Waals surface area contributed by atoms with Gasteiger partial charge in [0.05, 0.1) is 17.8 Å². The molecule has 1 heterocycles. The maximum Gasteiger partial charge on any atom is 0.220 e. The van der Waals surface area contributed by atoms with Crippen LogP contribution in [0.25, 0.3) is 0 Å². The van der Waals surface area contributed by atoms with E-state index in [1.165, 1.54) is 0 Å². The molecular formula is C25H33Cl2N3O4. The van der Waals surface area contributed by atoms with Crippen molar-refractivity contribution in [2.75, 3.05) is 32.5 Å². The highest BCUT2D eigenvalue weighted by Gasteiger charge is 2.22. The van der Waals surface area contributed by atoms with E-state index in [0.29, 0.717) is 29.5 Å². The molecule has 34 heavy (non-hydrogen) atoms. The molecule has 0 atom stereocenters. The molecule has 0 aliphatic carbocycles. The van der Waals surface area contributed by atoms with Crippen LogP contribution >= 0.6 is 24.0 Å². The number of nitrogens with zero attached hydrogens (tertiary/aromatic N) is 1. The number of amides is 1. The van der Waals surface area contributed by atoms with Crippen molar-refractivity contribution in [1.29, 1.82) is 0 Å². The van der Waals surface area contributed by atoms with Gasteiger partial charge in [-0.05, 0) is 62.7 Å². The van der Waals surface area contributed by atoms with Crippen molar-refractivity contribution < 1.29 is 19.1 Å². The number of carbonyl (C=O) groups excluding carboxylic acids is 2. The number of anilines is 1. The molecule has 0 aromatic heterocycles. The number of ether oxygens (including phenoxy) is 2. The van der Waals surface area contributed by atoms with E-state index in [9.17, 15) is 9.59 Å². The fourth-order valence-corrected chi connectivity index (χ4v) is 4.23. The fraction of sp³-hybridized carbons (Fsp3) is 0.440. The SMILES string of the molecule is COc1cccc(COc2cc(N)c(Cl)cc2CC(=O)CCCN2CCC(C(N)=O)CC2)c1.Cl. The highest BCUT2D eigenvalue weighted by Crippen LogP contribution is 2.30. The Kier molecular flexibility index (Phi) is 11.0. The highest BCUT2D eigenvalue weighted by molar-refractivity contribution is 6.33. The van der Waals surface area contributed by atoms with Crippen molar-refractivity contribution in [3.63, 3.8) is 0 Å². The molecule has 3 rings (SSSR count). The van der Waals surface area contributed by atoms with Gasteiger partial charge in [0.1, 0.15) is 23.9 Å². The van der Waals surface area contributed by atoms with Crippen LogP contribution in [-0.2, 0) is 22.6 Å². The van der Waals surface area contributed by atoms with Crippen molar-refractivity contribution in [1.82, 2.24) is 4.90 Å². The summed E-state index contributed by atoms with van der Waals surface area (Å²) >= 11 is 6.22. The molecule has 0 spiro atoms. The molecule has 0 unspecified atom stereocenters. The summed E-state index contributed by atoms with van der Waals surface area (Å²) in [6.45, 7) is 2.84. The number of rotatable bonds is 11. The molecule has 186 valence electrons. The minimum absolute atomic E-state index is 0. The average molecular weight is 510 g/mol. The maximum absolute atomic E-state index is 12.7. The van der Waals surface area contributed by atoms with Crippen molar-refractivity contribution in [2.24, 2.45) is 11.7 Å². The molecule has 1 amide bonds. The zero-order valence-corrected chi connectivity index (χ0v) is 21.0. The number of ketones is 1. The van der Waals surface area contributed by atoms with Gasteiger partial charge in [0.25, 0.3) is 0 Å². The molecular weight excluding hydrogens is 477 g/mol. The number of benzene rings is 2. The Morgan fingerprint density at radius 3 is 2.59 bits per heavy atom. The second-order valence-electron chi connectivity index (χ2n) is 8.46. The number of hydrogen-bond donors (Lipinski definition) is 2. The number of piperidine rings is 1. The van der Waals surface area contributed by atoms with Crippen molar-refractivity contribution in [3.05, 3.63) is 52.5 Å². The maximum atomic E-state index is 12.7. The first-order valence-corrected chi connectivity index (χ1v) is 11.6. The van der Waals surface area contributed by atoms with E-state index in [4.69, 9.17) is 32.5 Å². The minimum atomic E-state index is -0.212. The number of nitrogen functional groups attached to an aromatic ring is 1. The van der Waals surface area contributed by atoms with Gasteiger partial charge < -0.3 is 25.8 Å². The molecule has 1 aliphatic rings. The van der Waals surface area contributed by atoms with Gasteiger partial charge in [0.15, 0.2) is 0 Å². The Morgan fingerprint density at radius 1 is 1.18 bits per heavy atom. The number of nitrogens with two attached hydrogens (primary N) is 2. The Hall–Kier alpha value is -2.48. The van der Waals surface area contributed by atoms with E-state index >= 15 is 0 Å². The summed E-state index contributed by atoms with van der Waals surface area (Å²) in [5, 5.41) is 0.406. The summed E-state index contributed by atoms with van der Waals surface area (Å²) in [6, 6.07) is 11.0. The lowest BCUT2D eigenvalue weighted by Crippen LogP contribution is -2.39. The van der Waals surface area contributed by atoms with Crippen LogP contribution in [0.2, 0.25) is 5.02 Å². The van der Waals surface area contributed by atoms with Crippen LogP contribution < -0.4 is 20.9 Å². The lowest BCUT2D eigenvalue weighted by atomic mass is 9.96. The molecule has 2 aromatic carbocycles. The molecule has 0 radical (unpaired) electrons. The number of Topliss-reactive ketones (excluding diaryl/α,β-unsaturated/α-hetero) is 1. The average Bonchev–Trinajstić information content (AvgIpc) is 2.81. The van der Waals surface area contributed by atoms with Crippen LogP contribution in [0, 0.1) is 5.92 Å². The van der Waals surface area contributed by atoms with E-state index in [-0.39, 0.29) is 36.4 Å². The third kappa shape index (κ3) is 8.08. The molecule has 4 N–H and O–H groups in total.